The van der Waals surface area contributed by atoms with Crippen LogP contribution in [0.3, 0.4) is 0 Å². The maximum absolute atomic E-state index is 6.34. The predicted octanol–water partition coefficient (Wildman–Crippen LogP) is 6.84. The number of nitrogens with one attached hydrogen (secondary N) is 2. The van der Waals surface area contributed by atoms with Crippen LogP contribution in [0.25, 0.3) is 0 Å². The summed E-state index contributed by atoms with van der Waals surface area (Å²) in [5, 5.41) is 2.66. The van der Waals surface area contributed by atoms with E-state index in [1.54, 1.807) is 0 Å². The van der Waals surface area contributed by atoms with E-state index in [0.29, 0.717) is 33.2 Å². The van der Waals surface area contributed by atoms with Crippen molar-refractivity contribution in [3.63, 3.8) is 0 Å². The Morgan fingerprint density at radius 3 is 1.06 bits per heavy atom. The maximum atomic E-state index is 6.34. The second kappa shape index (κ2) is 10.9. The molecular weight excluding hydrogens is 439 g/mol. The monoisotopic (exact) mass is 488 g/mol. The van der Waals surface area contributed by atoms with Crippen LogP contribution < -0.4 is 19.9 Å². The van der Waals surface area contributed by atoms with Gasteiger partial charge in [0.05, 0.1) is 0 Å². The number of aromatic nitrogens is 2. The van der Waals surface area contributed by atoms with Crippen molar-refractivity contribution >= 4 is 34.5 Å². The molecule has 0 aliphatic rings. The molecule has 2 aromatic rings. The summed E-state index contributed by atoms with van der Waals surface area (Å²) in [4.78, 5) is 7.19. The van der Waals surface area contributed by atoms with Gasteiger partial charge in [0.2, 0.25) is 0 Å². The topological polar surface area (TPSA) is 50.0 Å². The Hall–Kier alpha value is -1.34. The number of rotatable bonds is 12. The average Bonchev–Trinajstić information content (AvgIpc) is 3.32. The van der Waals surface area contributed by atoms with Crippen LogP contribution in [0.1, 0.15) is 83.1 Å². The third-order valence-corrected chi connectivity index (χ3v) is 22.4. The molecule has 4 nitrogen and oxygen atoms in total. The van der Waals surface area contributed by atoms with E-state index in [0.717, 1.165) is 11.5 Å². The molecule has 2 N–H and O–H groups in total. The summed E-state index contributed by atoms with van der Waals surface area (Å²) in [6, 6.07) is 4.17. The molecule has 2 rings (SSSR count). The molecule has 0 aromatic carbocycles. The Balaban J connectivity index is 2.32. The van der Waals surface area contributed by atoms with Gasteiger partial charge in [-0.15, -0.1) is 0 Å². The van der Waals surface area contributed by atoms with Crippen molar-refractivity contribution in [2.75, 3.05) is 0 Å². The minimum Gasteiger partial charge on any atom is -0.527 e. The molecule has 7 heteroatoms. The molecule has 0 radical (unpaired) electrons. The van der Waals surface area contributed by atoms with Gasteiger partial charge in [0, 0.05) is 23.0 Å². The molecule has 0 aliphatic carbocycles. The van der Waals surface area contributed by atoms with Crippen LogP contribution in [0, 0.1) is 0 Å². The Morgan fingerprint density at radius 1 is 0.545 bits per heavy atom. The summed E-state index contributed by atoms with van der Waals surface area (Å²) in [7, 11) is -3.44. The van der Waals surface area contributed by atoms with Gasteiger partial charge in [-0.25, -0.2) is 0 Å². The smallest absolute Gasteiger partial charge is 0.527 e. The molecule has 33 heavy (non-hydrogen) atoms. The molecule has 2 heterocycles. The molecule has 186 valence electrons. The molecule has 0 bridgehead atoms. The van der Waals surface area contributed by atoms with Gasteiger partial charge in [0.1, 0.15) is 27.6 Å². The molecule has 0 fully saturated rings. The van der Waals surface area contributed by atoms with Crippen LogP contribution in [-0.4, -0.2) is 33.8 Å². The first kappa shape index (κ1) is 27.9. The standard InChI is InChI=1S/C26H49BN2O2Si2/c1-17(2)32(18(3)4,19(5)6)25-23(13-15-28-25)30-27-31-24-14-16-29-26(24)33(20(7)8,21(9)10)22(11)12/h13-22,27-29H,1-12H3. The van der Waals surface area contributed by atoms with E-state index in [-0.39, 0.29) is 7.69 Å². The summed E-state index contributed by atoms with van der Waals surface area (Å²) in [6.45, 7) is 28.6. The van der Waals surface area contributed by atoms with Gasteiger partial charge >= 0.3 is 7.69 Å². The van der Waals surface area contributed by atoms with Crippen molar-refractivity contribution in [1.82, 2.24) is 9.97 Å². The maximum Gasteiger partial charge on any atom is 0.576 e. The molecule has 0 saturated heterocycles. The number of hydrogen-bond acceptors (Lipinski definition) is 2. The average molecular weight is 489 g/mol. The number of H-pyrrole nitrogens is 2. The quantitative estimate of drug-likeness (QED) is 0.321. The lowest BCUT2D eigenvalue weighted by molar-refractivity contribution is 0.463. The Labute approximate surface area is 206 Å². The zero-order chi connectivity index (χ0) is 25.1. The lowest BCUT2D eigenvalue weighted by atomic mass is 10.3. The second-order valence-corrected chi connectivity index (χ2v) is 23.3. The van der Waals surface area contributed by atoms with E-state index >= 15 is 0 Å². The second-order valence-electron chi connectivity index (χ2n) is 11.6. The molecular formula is C26H49BN2O2Si2. The minimum atomic E-state index is -1.83. The highest BCUT2D eigenvalue weighted by molar-refractivity contribution is 6.95. The molecule has 0 amide bonds. The highest BCUT2D eigenvalue weighted by Crippen LogP contribution is 2.43. The lowest BCUT2D eigenvalue weighted by Gasteiger charge is -2.43. The van der Waals surface area contributed by atoms with Crippen molar-refractivity contribution in [3.8, 4) is 11.5 Å². The van der Waals surface area contributed by atoms with Crippen LogP contribution >= 0.6 is 0 Å². The van der Waals surface area contributed by atoms with E-state index < -0.39 is 16.1 Å². The van der Waals surface area contributed by atoms with Crippen molar-refractivity contribution in [1.29, 1.82) is 0 Å². The van der Waals surface area contributed by atoms with Crippen LogP contribution in [0.5, 0.6) is 11.5 Å². The largest absolute Gasteiger partial charge is 0.576 e. The van der Waals surface area contributed by atoms with Crippen LogP contribution in [0.2, 0.25) is 33.2 Å². The van der Waals surface area contributed by atoms with Crippen LogP contribution in [0.15, 0.2) is 24.5 Å². The predicted molar refractivity (Wildman–Crippen MR) is 151 cm³/mol. The minimum absolute atomic E-state index is 0.229. The van der Waals surface area contributed by atoms with Crippen molar-refractivity contribution < 1.29 is 9.31 Å². The van der Waals surface area contributed by atoms with Gasteiger partial charge < -0.3 is 19.3 Å². The molecule has 0 atom stereocenters. The Morgan fingerprint density at radius 2 is 0.818 bits per heavy atom. The Bertz CT molecular complexity index is 757. The summed E-state index contributed by atoms with van der Waals surface area (Å²) in [5.74, 6) is 1.94. The summed E-state index contributed by atoms with van der Waals surface area (Å²) in [6.07, 6.45) is 4.07. The van der Waals surface area contributed by atoms with Gasteiger partial charge in [0.15, 0.2) is 0 Å². The van der Waals surface area contributed by atoms with E-state index in [1.165, 1.54) is 10.6 Å². The zero-order valence-corrected chi connectivity index (χ0v) is 25.3. The van der Waals surface area contributed by atoms with Gasteiger partial charge in [-0.2, -0.15) is 0 Å². The molecule has 0 spiro atoms. The van der Waals surface area contributed by atoms with Crippen molar-refractivity contribution in [2.24, 2.45) is 0 Å². The summed E-state index contributed by atoms with van der Waals surface area (Å²) in [5.41, 5.74) is 3.70. The zero-order valence-electron chi connectivity index (χ0n) is 23.3. The fraction of sp³-hybridized carbons (Fsp3) is 0.692. The number of hydrogen-bond donors (Lipinski definition) is 2. The van der Waals surface area contributed by atoms with E-state index in [2.05, 4.69) is 105 Å². The molecule has 0 saturated carbocycles. The van der Waals surface area contributed by atoms with Crippen molar-refractivity contribution in [2.45, 2.75) is 116 Å². The van der Waals surface area contributed by atoms with E-state index in [9.17, 15) is 0 Å². The van der Waals surface area contributed by atoms with Gasteiger partial charge in [-0.05, 0) is 45.4 Å². The van der Waals surface area contributed by atoms with E-state index in [1.807, 2.05) is 12.4 Å². The lowest BCUT2D eigenvalue weighted by Crippen LogP contribution is -2.57. The van der Waals surface area contributed by atoms with Gasteiger partial charge in [-0.3, -0.25) is 0 Å². The van der Waals surface area contributed by atoms with Crippen LogP contribution in [0.4, 0.5) is 0 Å². The molecule has 2 aromatic heterocycles. The highest BCUT2D eigenvalue weighted by Gasteiger charge is 2.48. The summed E-state index contributed by atoms with van der Waals surface area (Å²) < 4.78 is 12.7. The normalized spacial score (nSPS) is 13.3. The first-order chi connectivity index (χ1) is 15.4. The first-order valence-corrected chi connectivity index (χ1v) is 17.4. The van der Waals surface area contributed by atoms with Crippen LogP contribution in [-0.2, 0) is 0 Å². The third kappa shape index (κ3) is 4.77. The fourth-order valence-corrected chi connectivity index (χ4v) is 20.8. The SMILES string of the molecule is CC(C)[Si](c1[nH]ccc1OBOc1cc[nH]c1[Si](C(C)C)(C(C)C)C(C)C)(C(C)C)C(C)C. The Kier molecular flexibility index (Phi) is 9.25. The summed E-state index contributed by atoms with van der Waals surface area (Å²) >= 11 is 0. The third-order valence-electron chi connectivity index (χ3n) is 8.44. The molecule has 0 aliphatic heterocycles. The fourth-order valence-electron chi connectivity index (χ4n) is 7.52. The van der Waals surface area contributed by atoms with Gasteiger partial charge in [0.25, 0.3) is 0 Å². The number of aromatic amines is 2. The first-order valence-electron chi connectivity index (χ1n) is 13.0. The molecule has 0 unspecified atom stereocenters. The van der Waals surface area contributed by atoms with Gasteiger partial charge in [-0.1, -0.05) is 83.1 Å². The van der Waals surface area contributed by atoms with Crippen molar-refractivity contribution in [3.05, 3.63) is 24.5 Å². The van der Waals surface area contributed by atoms with E-state index in [4.69, 9.17) is 9.31 Å². The highest BCUT2D eigenvalue weighted by atomic mass is 28.3.